The summed E-state index contributed by atoms with van der Waals surface area (Å²) in [6.45, 7) is 1.83. The molecule has 7 nitrogen and oxygen atoms in total. The van der Waals surface area contributed by atoms with Crippen LogP contribution >= 0.6 is 11.3 Å². The van der Waals surface area contributed by atoms with Crippen LogP contribution in [0.5, 0.6) is 0 Å². The van der Waals surface area contributed by atoms with Crippen molar-refractivity contribution >= 4 is 44.6 Å². The molecule has 2 heterocycles. The first-order valence-corrected chi connectivity index (χ1v) is 8.68. The largest absolute Gasteiger partial charge is 0.311 e. The van der Waals surface area contributed by atoms with Crippen LogP contribution in [0.15, 0.2) is 48.5 Å². The van der Waals surface area contributed by atoms with E-state index in [2.05, 4.69) is 4.98 Å². The van der Waals surface area contributed by atoms with Crippen LogP contribution in [0.4, 0.5) is 11.4 Å². The molecule has 0 N–H and O–H groups in total. The summed E-state index contributed by atoms with van der Waals surface area (Å²) in [6.07, 6.45) is 0. The van der Waals surface area contributed by atoms with Gasteiger partial charge in [0.15, 0.2) is 4.96 Å². The number of nitro groups is 1. The smallest absolute Gasteiger partial charge is 0.271 e. The number of imidazole rings is 1. The Balaban J connectivity index is 1.84. The molecule has 0 unspecified atom stereocenters. The van der Waals surface area contributed by atoms with E-state index >= 15 is 0 Å². The number of aromatic nitrogens is 2. The second kappa shape index (κ2) is 5.92. The number of nitrogens with zero attached hydrogens (tertiary/aromatic N) is 4. The summed E-state index contributed by atoms with van der Waals surface area (Å²) >= 11 is 1.29. The Morgan fingerprint density at radius 2 is 1.96 bits per heavy atom. The molecule has 0 bridgehead atoms. The van der Waals surface area contributed by atoms with Crippen molar-refractivity contribution in [1.29, 1.82) is 0 Å². The van der Waals surface area contributed by atoms with E-state index in [1.807, 2.05) is 37.3 Å². The Hall–Kier alpha value is -3.26. The van der Waals surface area contributed by atoms with Crippen LogP contribution in [0, 0.1) is 17.0 Å². The van der Waals surface area contributed by atoms with Crippen molar-refractivity contribution in [3.05, 3.63) is 69.2 Å². The molecule has 0 aliphatic carbocycles. The van der Waals surface area contributed by atoms with Gasteiger partial charge in [0.2, 0.25) is 0 Å². The first-order chi connectivity index (χ1) is 12.5. The standard InChI is InChI=1S/C18H14N4O3S/c1-11-16(17(23)20(2)12-6-4-3-5-7-12)26-18-19-14-9-8-13(22(24)25)10-15(14)21(11)18/h3-10H,1-2H3. The fourth-order valence-corrected chi connectivity index (χ4v) is 4.05. The molecule has 0 saturated carbocycles. The minimum Gasteiger partial charge on any atom is -0.311 e. The Labute approximate surface area is 152 Å². The number of para-hydroxylation sites is 1. The number of hydrogen-bond acceptors (Lipinski definition) is 5. The number of anilines is 1. The lowest BCUT2D eigenvalue weighted by Gasteiger charge is -2.16. The number of carbonyl (C=O) groups excluding carboxylic acids is 1. The molecule has 2 aromatic heterocycles. The second-order valence-corrected chi connectivity index (χ2v) is 6.85. The van der Waals surface area contributed by atoms with Gasteiger partial charge in [-0.2, -0.15) is 0 Å². The first kappa shape index (κ1) is 16.2. The van der Waals surface area contributed by atoms with E-state index in [0.29, 0.717) is 20.9 Å². The Morgan fingerprint density at radius 3 is 2.65 bits per heavy atom. The molecule has 2 aromatic carbocycles. The van der Waals surface area contributed by atoms with Crippen molar-refractivity contribution in [2.24, 2.45) is 0 Å². The van der Waals surface area contributed by atoms with Gasteiger partial charge in [-0.25, -0.2) is 4.98 Å². The number of non-ortho nitro benzene ring substituents is 1. The van der Waals surface area contributed by atoms with Gasteiger partial charge in [-0.15, -0.1) is 0 Å². The van der Waals surface area contributed by atoms with Gasteiger partial charge in [0.1, 0.15) is 4.88 Å². The van der Waals surface area contributed by atoms with Crippen molar-refractivity contribution < 1.29 is 9.72 Å². The van der Waals surface area contributed by atoms with Crippen molar-refractivity contribution in [1.82, 2.24) is 9.38 Å². The minimum atomic E-state index is -0.435. The average molecular weight is 366 g/mol. The molecule has 1 amide bonds. The van der Waals surface area contributed by atoms with Crippen LogP contribution in [0.25, 0.3) is 16.0 Å². The second-order valence-electron chi connectivity index (χ2n) is 5.88. The Morgan fingerprint density at radius 1 is 1.23 bits per heavy atom. The molecule has 0 atom stereocenters. The number of amides is 1. The number of hydrogen-bond donors (Lipinski definition) is 0. The molecule has 0 fully saturated rings. The van der Waals surface area contributed by atoms with E-state index < -0.39 is 4.92 Å². The predicted molar refractivity (Wildman–Crippen MR) is 101 cm³/mol. The van der Waals surface area contributed by atoms with E-state index in [4.69, 9.17) is 0 Å². The fourth-order valence-electron chi connectivity index (χ4n) is 2.93. The van der Waals surface area contributed by atoms with Crippen molar-refractivity contribution in [3.8, 4) is 0 Å². The van der Waals surface area contributed by atoms with Gasteiger partial charge in [0.05, 0.1) is 16.0 Å². The van der Waals surface area contributed by atoms with Crippen molar-refractivity contribution in [2.45, 2.75) is 6.92 Å². The Kier molecular flexibility index (Phi) is 3.69. The molecule has 0 saturated heterocycles. The molecular weight excluding hydrogens is 352 g/mol. The minimum absolute atomic E-state index is 0.000759. The van der Waals surface area contributed by atoms with Gasteiger partial charge < -0.3 is 4.90 Å². The summed E-state index contributed by atoms with van der Waals surface area (Å²) in [5, 5.41) is 11.1. The molecule has 0 aliphatic heterocycles. The van der Waals surface area contributed by atoms with Crippen molar-refractivity contribution in [2.75, 3.05) is 11.9 Å². The van der Waals surface area contributed by atoms with E-state index in [9.17, 15) is 14.9 Å². The number of rotatable bonds is 3. The van der Waals surface area contributed by atoms with Gasteiger partial charge in [-0.1, -0.05) is 29.5 Å². The van der Waals surface area contributed by atoms with Crippen LogP contribution in [0.1, 0.15) is 15.4 Å². The SMILES string of the molecule is Cc1c(C(=O)N(C)c2ccccc2)sc2nc3ccc([N+](=O)[O-])cc3n12. The molecule has 0 radical (unpaired) electrons. The first-order valence-electron chi connectivity index (χ1n) is 7.86. The number of thiazole rings is 1. The van der Waals surface area contributed by atoms with E-state index in [0.717, 1.165) is 11.4 Å². The van der Waals surface area contributed by atoms with Crippen LogP contribution in [0.3, 0.4) is 0 Å². The maximum absolute atomic E-state index is 12.9. The van der Waals surface area contributed by atoms with Crippen LogP contribution in [-0.2, 0) is 0 Å². The summed E-state index contributed by atoms with van der Waals surface area (Å²) < 4.78 is 1.80. The maximum atomic E-state index is 12.9. The van der Waals surface area contributed by atoms with Crippen LogP contribution in [-0.4, -0.2) is 27.3 Å². The molecule has 26 heavy (non-hydrogen) atoms. The number of carbonyl (C=O) groups is 1. The third kappa shape index (κ3) is 2.42. The zero-order chi connectivity index (χ0) is 18.4. The topological polar surface area (TPSA) is 80.8 Å². The van der Waals surface area contributed by atoms with Crippen molar-refractivity contribution in [3.63, 3.8) is 0 Å². The van der Waals surface area contributed by atoms with E-state index in [1.165, 1.54) is 23.5 Å². The van der Waals surface area contributed by atoms with E-state index in [1.54, 1.807) is 22.4 Å². The molecule has 0 spiro atoms. The molecule has 130 valence electrons. The molecule has 4 rings (SSSR count). The number of benzene rings is 2. The van der Waals surface area contributed by atoms with Gasteiger partial charge in [0, 0.05) is 30.6 Å². The molecule has 0 aliphatic rings. The normalized spacial score (nSPS) is 11.2. The van der Waals surface area contributed by atoms with Crippen LogP contribution < -0.4 is 4.90 Å². The average Bonchev–Trinajstić information content (AvgIpc) is 3.17. The summed E-state index contributed by atoms with van der Waals surface area (Å²) in [6, 6.07) is 13.9. The lowest BCUT2D eigenvalue weighted by molar-refractivity contribution is -0.384. The van der Waals surface area contributed by atoms with E-state index in [-0.39, 0.29) is 11.6 Å². The third-order valence-electron chi connectivity index (χ3n) is 4.32. The summed E-state index contributed by atoms with van der Waals surface area (Å²) in [5.74, 6) is -0.136. The summed E-state index contributed by atoms with van der Waals surface area (Å²) in [4.78, 5) is 30.9. The predicted octanol–water partition coefficient (Wildman–Crippen LogP) is 4.04. The fraction of sp³-hybridized carbons (Fsp3) is 0.111. The highest BCUT2D eigenvalue weighted by Gasteiger charge is 2.23. The molecule has 8 heteroatoms. The number of aryl methyl sites for hydroxylation is 1. The zero-order valence-corrected chi connectivity index (χ0v) is 14.9. The highest BCUT2D eigenvalue weighted by molar-refractivity contribution is 7.19. The van der Waals surface area contributed by atoms with Gasteiger partial charge >= 0.3 is 0 Å². The zero-order valence-electron chi connectivity index (χ0n) is 14.0. The summed E-state index contributed by atoms with van der Waals surface area (Å²) in [7, 11) is 1.72. The summed E-state index contributed by atoms with van der Waals surface area (Å²) in [5.41, 5.74) is 2.81. The number of fused-ring (bicyclic) bond motifs is 3. The highest BCUT2D eigenvalue weighted by Crippen LogP contribution is 2.31. The van der Waals surface area contributed by atoms with Gasteiger partial charge in [0.25, 0.3) is 11.6 Å². The third-order valence-corrected chi connectivity index (χ3v) is 5.45. The highest BCUT2D eigenvalue weighted by atomic mass is 32.1. The maximum Gasteiger partial charge on any atom is 0.271 e. The molecule has 4 aromatic rings. The number of nitro benzene ring substituents is 1. The monoisotopic (exact) mass is 366 g/mol. The lowest BCUT2D eigenvalue weighted by Crippen LogP contribution is -2.26. The van der Waals surface area contributed by atoms with Gasteiger partial charge in [-0.3, -0.25) is 19.3 Å². The van der Waals surface area contributed by atoms with Crippen LogP contribution in [0.2, 0.25) is 0 Å². The lowest BCUT2D eigenvalue weighted by atomic mass is 10.2. The quantitative estimate of drug-likeness (QED) is 0.405. The van der Waals surface area contributed by atoms with Gasteiger partial charge in [-0.05, 0) is 25.1 Å². The molecular formula is C18H14N4O3S. The Bertz CT molecular complexity index is 1160.